The van der Waals surface area contributed by atoms with Crippen LogP contribution in [0.5, 0.6) is 0 Å². The summed E-state index contributed by atoms with van der Waals surface area (Å²) in [6.45, 7) is 0.810. The normalized spacial score (nSPS) is 28.0. The van der Waals surface area contributed by atoms with Crippen LogP contribution in [0.3, 0.4) is 0 Å². The van der Waals surface area contributed by atoms with Gasteiger partial charge in [-0.1, -0.05) is 18.2 Å². The molecule has 18 heavy (non-hydrogen) atoms. The van der Waals surface area contributed by atoms with E-state index in [1.807, 2.05) is 47.0 Å². The average molecular weight is 262 g/mol. The van der Waals surface area contributed by atoms with E-state index in [2.05, 4.69) is 5.32 Å². The fraction of sp³-hybridized carbons (Fsp3) is 0.500. The van der Waals surface area contributed by atoms with Gasteiger partial charge in [0.1, 0.15) is 0 Å². The van der Waals surface area contributed by atoms with Gasteiger partial charge in [-0.3, -0.25) is 4.79 Å². The van der Waals surface area contributed by atoms with E-state index in [9.17, 15) is 4.79 Å². The number of anilines is 1. The highest BCUT2D eigenvalue weighted by molar-refractivity contribution is 7.99. The van der Waals surface area contributed by atoms with Gasteiger partial charge in [-0.15, -0.1) is 0 Å². The van der Waals surface area contributed by atoms with Gasteiger partial charge in [-0.05, 0) is 24.3 Å². The highest BCUT2D eigenvalue weighted by atomic mass is 32.2. The number of rotatable bonds is 3. The van der Waals surface area contributed by atoms with Gasteiger partial charge in [0, 0.05) is 36.5 Å². The minimum atomic E-state index is 0.240. The molecule has 0 radical (unpaired) electrons. The summed E-state index contributed by atoms with van der Waals surface area (Å²) in [6.07, 6.45) is 1.87. The Balaban J connectivity index is 1.63. The molecule has 1 aromatic carbocycles. The molecule has 0 unspecified atom stereocenters. The predicted molar refractivity (Wildman–Crippen MR) is 76.1 cm³/mol. The van der Waals surface area contributed by atoms with Crippen molar-refractivity contribution in [2.45, 2.75) is 24.9 Å². The van der Waals surface area contributed by atoms with Gasteiger partial charge in [0.2, 0.25) is 5.91 Å². The Morgan fingerprint density at radius 3 is 2.78 bits per heavy atom. The van der Waals surface area contributed by atoms with Crippen molar-refractivity contribution in [2.24, 2.45) is 0 Å². The van der Waals surface area contributed by atoms with E-state index in [-0.39, 0.29) is 5.91 Å². The van der Waals surface area contributed by atoms with Crippen molar-refractivity contribution in [1.29, 1.82) is 0 Å². The van der Waals surface area contributed by atoms with Gasteiger partial charge in [0.25, 0.3) is 0 Å². The molecule has 2 aliphatic heterocycles. The van der Waals surface area contributed by atoms with E-state index < -0.39 is 0 Å². The minimum absolute atomic E-state index is 0.240. The molecule has 2 atom stereocenters. The zero-order chi connectivity index (χ0) is 12.4. The number of nitrogens with one attached hydrogen (secondary N) is 1. The maximum Gasteiger partial charge on any atom is 0.228 e. The molecule has 1 amide bonds. The first kappa shape index (κ1) is 12.1. The second-order valence-corrected chi connectivity index (χ2v) is 6.12. The Hall–Kier alpha value is -1.00. The zero-order valence-corrected chi connectivity index (χ0v) is 11.2. The molecular weight excluding hydrogens is 244 g/mol. The Morgan fingerprint density at radius 1 is 1.22 bits per heavy atom. The number of benzene rings is 1. The first-order valence-electron chi connectivity index (χ1n) is 6.52. The first-order valence-corrected chi connectivity index (χ1v) is 7.67. The van der Waals surface area contributed by atoms with Gasteiger partial charge in [-0.25, -0.2) is 0 Å². The number of hydrogen-bond donors (Lipinski definition) is 1. The number of carbonyl (C=O) groups excluding carboxylic acids is 1. The van der Waals surface area contributed by atoms with Gasteiger partial charge in [0.05, 0.1) is 0 Å². The van der Waals surface area contributed by atoms with E-state index in [1.165, 1.54) is 17.9 Å². The number of amides is 1. The summed E-state index contributed by atoms with van der Waals surface area (Å²) in [6, 6.07) is 10.9. The molecule has 2 fully saturated rings. The molecule has 2 heterocycles. The quantitative estimate of drug-likeness (QED) is 0.903. The molecule has 3 rings (SSSR count). The van der Waals surface area contributed by atoms with Crippen molar-refractivity contribution in [3.63, 3.8) is 0 Å². The number of para-hydroxylation sites is 1. The molecule has 2 aliphatic rings. The fourth-order valence-electron chi connectivity index (χ4n) is 2.68. The smallest absolute Gasteiger partial charge is 0.228 e. The molecule has 0 saturated carbocycles. The maximum atomic E-state index is 12.0. The third-order valence-electron chi connectivity index (χ3n) is 3.59. The number of hydrogen-bond acceptors (Lipinski definition) is 3. The predicted octanol–water partition coefficient (Wildman–Crippen LogP) is 1.89. The second-order valence-electron chi connectivity index (χ2n) is 4.97. The Bertz CT molecular complexity index is 417. The summed E-state index contributed by atoms with van der Waals surface area (Å²) in [5.74, 6) is 2.68. The maximum absolute atomic E-state index is 12.0. The first-order chi connectivity index (χ1) is 8.83. The molecule has 0 spiro atoms. The van der Waals surface area contributed by atoms with Gasteiger partial charge in [0.15, 0.2) is 0 Å². The Morgan fingerprint density at radius 2 is 2.06 bits per heavy atom. The summed E-state index contributed by atoms with van der Waals surface area (Å²) >= 11 is 2.00. The van der Waals surface area contributed by atoms with Crippen LogP contribution in [0.25, 0.3) is 0 Å². The van der Waals surface area contributed by atoms with Crippen molar-refractivity contribution in [2.75, 3.05) is 23.0 Å². The molecular formula is C14H18N2OS. The molecule has 3 nitrogen and oxygen atoms in total. The number of carbonyl (C=O) groups is 1. The van der Waals surface area contributed by atoms with Crippen molar-refractivity contribution in [1.82, 2.24) is 5.32 Å². The number of thioether (sulfide) groups is 1. The summed E-state index contributed by atoms with van der Waals surface area (Å²) in [7, 11) is 0. The second kappa shape index (κ2) is 5.33. The average Bonchev–Trinajstić information content (AvgIpc) is 3.01. The molecule has 2 saturated heterocycles. The van der Waals surface area contributed by atoms with Crippen LogP contribution in [0.15, 0.2) is 30.3 Å². The molecule has 0 bridgehead atoms. The minimum Gasteiger partial charge on any atom is -0.311 e. The van der Waals surface area contributed by atoms with Crippen molar-refractivity contribution < 1.29 is 4.79 Å². The molecule has 96 valence electrons. The largest absolute Gasteiger partial charge is 0.311 e. The highest BCUT2D eigenvalue weighted by Crippen LogP contribution is 2.23. The fourth-order valence-corrected chi connectivity index (χ4v) is 3.84. The Labute approximate surface area is 112 Å². The standard InChI is InChI=1S/C14H18N2OS/c17-14-8-12(15-11-6-7-18-10-11)9-16(14)13-4-2-1-3-5-13/h1-5,11-12,15H,6-10H2/t11-,12-/m0/s1. The third kappa shape index (κ3) is 2.54. The van der Waals surface area contributed by atoms with Crippen LogP contribution >= 0.6 is 11.8 Å². The lowest BCUT2D eigenvalue weighted by molar-refractivity contribution is -0.117. The lowest BCUT2D eigenvalue weighted by atomic mass is 10.2. The van der Waals surface area contributed by atoms with Crippen molar-refractivity contribution in [3.05, 3.63) is 30.3 Å². The van der Waals surface area contributed by atoms with E-state index in [0.29, 0.717) is 18.5 Å². The van der Waals surface area contributed by atoms with E-state index in [1.54, 1.807) is 0 Å². The van der Waals surface area contributed by atoms with Gasteiger partial charge < -0.3 is 10.2 Å². The van der Waals surface area contributed by atoms with E-state index >= 15 is 0 Å². The van der Waals surface area contributed by atoms with E-state index in [0.717, 1.165) is 12.2 Å². The van der Waals surface area contributed by atoms with Crippen LogP contribution in [-0.4, -0.2) is 36.0 Å². The summed E-state index contributed by atoms with van der Waals surface area (Å²) in [5.41, 5.74) is 1.02. The van der Waals surface area contributed by atoms with Crippen LogP contribution in [-0.2, 0) is 4.79 Å². The molecule has 0 aliphatic carbocycles. The van der Waals surface area contributed by atoms with Crippen LogP contribution < -0.4 is 10.2 Å². The monoisotopic (exact) mass is 262 g/mol. The summed E-state index contributed by atoms with van der Waals surface area (Å²) < 4.78 is 0. The van der Waals surface area contributed by atoms with Gasteiger partial charge in [-0.2, -0.15) is 11.8 Å². The third-order valence-corrected chi connectivity index (χ3v) is 4.76. The van der Waals surface area contributed by atoms with E-state index in [4.69, 9.17) is 0 Å². The molecule has 1 N–H and O–H groups in total. The van der Waals surface area contributed by atoms with Crippen LogP contribution in [0.1, 0.15) is 12.8 Å². The molecule has 4 heteroatoms. The van der Waals surface area contributed by atoms with Crippen LogP contribution in [0, 0.1) is 0 Å². The van der Waals surface area contributed by atoms with Crippen molar-refractivity contribution in [3.8, 4) is 0 Å². The Kier molecular flexibility index (Phi) is 3.57. The van der Waals surface area contributed by atoms with Crippen molar-refractivity contribution >= 4 is 23.4 Å². The molecule has 1 aromatic rings. The van der Waals surface area contributed by atoms with Gasteiger partial charge >= 0.3 is 0 Å². The SMILES string of the molecule is O=C1C[C@H](N[C@H]2CCSC2)CN1c1ccccc1. The molecule has 0 aromatic heterocycles. The van der Waals surface area contributed by atoms with Crippen LogP contribution in [0.2, 0.25) is 0 Å². The summed E-state index contributed by atoms with van der Waals surface area (Å²) in [4.78, 5) is 13.9. The van der Waals surface area contributed by atoms with Crippen LogP contribution in [0.4, 0.5) is 5.69 Å². The highest BCUT2D eigenvalue weighted by Gasteiger charge is 2.32. The lowest BCUT2D eigenvalue weighted by Crippen LogP contribution is -2.40. The number of nitrogens with zero attached hydrogens (tertiary/aromatic N) is 1. The zero-order valence-electron chi connectivity index (χ0n) is 10.3. The summed E-state index contributed by atoms with van der Waals surface area (Å²) in [5, 5.41) is 3.62. The topological polar surface area (TPSA) is 32.3 Å². The lowest BCUT2D eigenvalue weighted by Gasteiger charge is -2.19.